The number of benzene rings is 1. The van der Waals surface area contributed by atoms with Gasteiger partial charge in [0.2, 0.25) is 0 Å². The molecule has 0 spiro atoms. The van der Waals surface area contributed by atoms with E-state index in [0.717, 1.165) is 29.1 Å². The number of nitriles is 3. The van der Waals surface area contributed by atoms with Crippen LogP contribution in [0.4, 0.5) is 0 Å². The second kappa shape index (κ2) is 7.49. The maximum atomic E-state index is 10.0. The monoisotopic (exact) mass is 375 g/mol. The van der Waals surface area contributed by atoms with E-state index in [1.807, 2.05) is 36.6 Å². The van der Waals surface area contributed by atoms with Crippen LogP contribution in [0.15, 0.2) is 52.1 Å². The standard InChI is InChI=1S/C21H21N5S/c1-3-26-9-8-16-17(10-22)20(25)21(12-23,13-24)19(18(16)11-26)14-4-6-15(27-2)7-5-14/h4-8,18-19H,3,9,11,25H2,1-2H3/t18-,19-/m0/s1. The van der Waals surface area contributed by atoms with E-state index in [1.165, 1.54) is 0 Å². The summed E-state index contributed by atoms with van der Waals surface area (Å²) >= 11 is 1.64. The maximum Gasteiger partial charge on any atom is 0.191 e. The van der Waals surface area contributed by atoms with Crippen LogP contribution in [-0.2, 0) is 0 Å². The van der Waals surface area contributed by atoms with Crippen molar-refractivity contribution in [2.75, 3.05) is 25.9 Å². The first kappa shape index (κ1) is 19.1. The van der Waals surface area contributed by atoms with Gasteiger partial charge in [-0.25, -0.2) is 0 Å². The van der Waals surface area contributed by atoms with Crippen molar-refractivity contribution in [3.8, 4) is 18.2 Å². The smallest absolute Gasteiger partial charge is 0.191 e. The molecular formula is C21H21N5S. The van der Waals surface area contributed by atoms with Crippen LogP contribution in [0.2, 0.25) is 0 Å². The highest BCUT2D eigenvalue weighted by atomic mass is 32.2. The highest BCUT2D eigenvalue weighted by molar-refractivity contribution is 7.98. The average molecular weight is 376 g/mol. The maximum absolute atomic E-state index is 10.0. The van der Waals surface area contributed by atoms with E-state index in [2.05, 4.69) is 30.0 Å². The van der Waals surface area contributed by atoms with Gasteiger partial charge in [0, 0.05) is 29.8 Å². The molecule has 3 rings (SSSR count). The SMILES string of the molecule is CCN1CC=C2C(C#N)=C(N)C(C#N)(C#N)[C@@H](c3ccc(SC)cc3)[C@H]2C1. The van der Waals surface area contributed by atoms with Gasteiger partial charge in [-0.3, -0.25) is 4.90 Å². The lowest BCUT2D eigenvalue weighted by Crippen LogP contribution is -2.48. The molecule has 2 aliphatic rings. The zero-order valence-electron chi connectivity index (χ0n) is 15.4. The molecule has 2 atom stereocenters. The summed E-state index contributed by atoms with van der Waals surface area (Å²) in [6.45, 7) is 4.39. The lowest BCUT2D eigenvalue weighted by atomic mass is 9.58. The molecule has 1 aliphatic carbocycles. The van der Waals surface area contributed by atoms with Gasteiger partial charge in [0.05, 0.1) is 23.4 Å². The minimum absolute atomic E-state index is 0.0846. The highest BCUT2D eigenvalue weighted by Gasteiger charge is 2.54. The minimum Gasteiger partial charge on any atom is -0.399 e. The van der Waals surface area contributed by atoms with Gasteiger partial charge < -0.3 is 5.73 Å². The molecule has 0 fully saturated rings. The zero-order chi connectivity index (χ0) is 19.6. The van der Waals surface area contributed by atoms with Crippen LogP contribution in [0.1, 0.15) is 18.4 Å². The van der Waals surface area contributed by atoms with Crippen molar-refractivity contribution in [1.82, 2.24) is 4.90 Å². The van der Waals surface area contributed by atoms with Gasteiger partial charge >= 0.3 is 0 Å². The third kappa shape index (κ3) is 2.90. The predicted octanol–water partition coefficient (Wildman–Crippen LogP) is 3.15. The molecule has 0 radical (unpaired) electrons. The number of hydrogen-bond acceptors (Lipinski definition) is 6. The number of allylic oxidation sites excluding steroid dienone is 2. The Balaban J connectivity index is 2.27. The van der Waals surface area contributed by atoms with E-state index >= 15 is 0 Å². The first-order valence-electron chi connectivity index (χ1n) is 8.85. The van der Waals surface area contributed by atoms with Crippen LogP contribution in [-0.4, -0.2) is 30.8 Å². The lowest BCUT2D eigenvalue weighted by Gasteiger charge is -2.45. The van der Waals surface area contributed by atoms with Crippen LogP contribution in [0.3, 0.4) is 0 Å². The fourth-order valence-electron chi connectivity index (χ4n) is 4.19. The van der Waals surface area contributed by atoms with Crippen LogP contribution in [0.5, 0.6) is 0 Å². The Morgan fingerprint density at radius 1 is 1.22 bits per heavy atom. The summed E-state index contributed by atoms with van der Waals surface area (Å²) in [5.74, 6) is -0.541. The molecule has 1 aliphatic heterocycles. The Bertz CT molecular complexity index is 909. The van der Waals surface area contributed by atoms with Gasteiger partial charge in [-0.15, -0.1) is 11.8 Å². The van der Waals surface area contributed by atoms with E-state index in [4.69, 9.17) is 5.73 Å². The van der Waals surface area contributed by atoms with Gasteiger partial charge in [0.15, 0.2) is 5.41 Å². The van der Waals surface area contributed by atoms with Gasteiger partial charge in [0.25, 0.3) is 0 Å². The number of fused-ring (bicyclic) bond motifs is 1. The first-order chi connectivity index (χ1) is 13.1. The van der Waals surface area contributed by atoms with E-state index in [1.54, 1.807) is 11.8 Å². The van der Waals surface area contributed by atoms with Crippen molar-refractivity contribution in [3.63, 3.8) is 0 Å². The van der Waals surface area contributed by atoms with E-state index < -0.39 is 11.3 Å². The number of rotatable bonds is 3. The average Bonchev–Trinajstić information content (AvgIpc) is 2.73. The van der Waals surface area contributed by atoms with Gasteiger partial charge in [-0.05, 0) is 36.1 Å². The minimum atomic E-state index is -1.55. The summed E-state index contributed by atoms with van der Waals surface area (Å²) in [4.78, 5) is 3.37. The molecule has 0 amide bonds. The fourth-order valence-corrected chi connectivity index (χ4v) is 4.59. The van der Waals surface area contributed by atoms with Crippen molar-refractivity contribution in [1.29, 1.82) is 15.8 Å². The molecule has 0 saturated carbocycles. The van der Waals surface area contributed by atoms with Crippen LogP contribution < -0.4 is 5.73 Å². The Morgan fingerprint density at radius 2 is 1.89 bits per heavy atom. The largest absolute Gasteiger partial charge is 0.399 e. The predicted molar refractivity (Wildman–Crippen MR) is 105 cm³/mol. The van der Waals surface area contributed by atoms with Crippen molar-refractivity contribution in [2.24, 2.45) is 17.1 Å². The van der Waals surface area contributed by atoms with Gasteiger partial charge in [-0.2, -0.15) is 15.8 Å². The Kier molecular flexibility index (Phi) is 5.29. The van der Waals surface area contributed by atoms with Gasteiger partial charge in [0.1, 0.15) is 6.07 Å². The topological polar surface area (TPSA) is 101 Å². The molecule has 0 bridgehead atoms. The van der Waals surface area contributed by atoms with Crippen molar-refractivity contribution in [2.45, 2.75) is 17.7 Å². The summed E-state index contributed by atoms with van der Waals surface area (Å²) in [6.07, 6.45) is 4.04. The van der Waals surface area contributed by atoms with Crippen molar-refractivity contribution in [3.05, 3.63) is 52.7 Å². The van der Waals surface area contributed by atoms with Crippen molar-refractivity contribution < 1.29 is 0 Å². The zero-order valence-corrected chi connectivity index (χ0v) is 16.3. The summed E-state index contributed by atoms with van der Waals surface area (Å²) in [5.41, 5.74) is 6.92. The number of nitrogens with two attached hydrogens (primary N) is 1. The summed E-state index contributed by atoms with van der Waals surface area (Å²) in [7, 11) is 0. The van der Waals surface area contributed by atoms with Crippen LogP contribution in [0.25, 0.3) is 0 Å². The number of nitrogens with zero attached hydrogens (tertiary/aromatic N) is 4. The normalized spacial score (nSPS) is 24.2. The highest BCUT2D eigenvalue weighted by Crippen LogP contribution is 2.54. The molecule has 2 N–H and O–H groups in total. The fraction of sp³-hybridized carbons (Fsp3) is 0.381. The van der Waals surface area contributed by atoms with Crippen LogP contribution >= 0.6 is 11.8 Å². The molecule has 0 aromatic heterocycles. The molecule has 136 valence electrons. The molecular weight excluding hydrogens is 354 g/mol. The van der Waals surface area contributed by atoms with Crippen molar-refractivity contribution >= 4 is 11.8 Å². The third-order valence-corrected chi connectivity index (χ3v) is 6.41. The molecule has 6 heteroatoms. The second-order valence-corrected chi connectivity index (χ2v) is 7.68. The Morgan fingerprint density at radius 3 is 2.41 bits per heavy atom. The molecule has 27 heavy (non-hydrogen) atoms. The van der Waals surface area contributed by atoms with E-state index in [-0.39, 0.29) is 11.6 Å². The first-order valence-corrected chi connectivity index (χ1v) is 10.1. The Labute approximate surface area is 164 Å². The van der Waals surface area contributed by atoms with E-state index in [9.17, 15) is 15.8 Å². The van der Waals surface area contributed by atoms with Gasteiger partial charge in [-0.1, -0.05) is 25.1 Å². The number of likely N-dealkylation sites (N-methyl/N-ethyl adjacent to an activating group) is 1. The lowest BCUT2D eigenvalue weighted by molar-refractivity contribution is 0.214. The third-order valence-electron chi connectivity index (χ3n) is 5.66. The molecule has 1 aromatic rings. The van der Waals surface area contributed by atoms with E-state index in [0.29, 0.717) is 12.1 Å². The molecule has 5 nitrogen and oxygen atoms in total. The quantitative estimate of drug-likeness (QED) is 0.815. The molecule has 0 unspecified atom stereocenters. The summed E-state index contributed by atoms with van der Waals surface area (Å²) in [6, 6.07) is 14.5. The number of hydrogen-bond donors (Lipinski definition) is 1. The number of thioether (sulfide) groups is 1. The van der Waals surface area contributed by atoms with Crippen LogP contribution in [0, 0.1) is 45.3 Å². The molecule has 0 saturated heterocycles. The summed E-state index contributed by atoms with van der Waals surface area (Å²) < 4.78 is 0. The molecule has 1 aromatic carbocycles. The Hall–Kier alpha value is -2.72. The molecule has 1 heterocycles. The second-order valence-electron chi connectivity index (χ2n) is 6.80. The summed E-state index contributed by atoms with van der Waals surface area (Å²) in [5, 5.41) is 29.8.